The fourth-order valence-electron chi connectivity index (χ4n) is 2.04. The predicted octanol–water partition coefficient (Wildman–Crippen LogP) is 4.33. The number of halogens is 1. The smallest absolute Gasteiger partial charge is 0.135 e. The zero-order valence-electron chi connectivity index (χ0n) is 10.7. The van der Waals surface area contributed by atoms with Crippen molar-refractivity contribution in [3.8, 4) is 11.3 Å². The van der Waals surface area contributed by atoms with Gasteiger partial charge < -0.3 is 10.2 Å². The third kappa shape index (κ3) is 2.53. The van der Waals surface area contributed by atoms with E-state index in [-0.39, 0.29) is 5.88 Å². The van der Waals surface area contributed by atoms with Crippen LogP contribution in [0.25, 0.3) is 22.3 Å². The van der Waals surface area contributed by atoms with Gasteiger partial charge in [-0.15, -0.1) is 11.6 Å². The van der Waals surface area contributed by atoms with Crippen LogP contribution in [-0.2, 0) is 0 Å². The van der Waals surface area contributed by atoms with Gasteiger partial charge in [-0.1, -0.05) is 30.3 Å². The van der Waals surface area contributed by atoms with Gasteiger partial charge in [0.2, 0.25) is 0 Å². The monoisotopic (exact) mass is 284 g/mol. The molecular formula is C16H13ClN2O. The third-order valence-electron chi connectivity index (χ3n) is 2.97. The lowest BCUT2D eigenvalue weighted by Crippen LogP contribution is -2.12. The molecule has 2 aromatic carbocycles. The quantitative estimate of drug-likeness (QED) is 0.442. The second-order valence-corrected chi connectivity index (χ2v) is 4.70. The van der Waals surface area contributed by atoms with Crippen LogP contribution in [0.4, 0.5) is 5.69 Å². The van der Waals surface area contributed by atoms with Crippen LogP contribution in [-0.4, -0.2) is 11.7 Å². The van der Waals surface area contributed by atoms with Crippen LogP contribution in [0.3, 0.4) is 0 Å². The second-order valence-electron chi connectivity index (χ2n) is 4.44. The summed E-state index contributed by atoms with van der Waals surface area (Å²) in [7, 11) is 0. The zero-order chi connectivity index (χ0) is 13.9. The van der Waals surface area contributed by atoms with E-state index in [2.05, 4.69) is 4.99 Å². The number of furan rings is 1. The van der Waals surface area contributed by atoms with Crippen LogP contribution in [0.5, 0.6) is 0 Å². The van der Waals surface area contributed by atoms with E-state index < -0.39 is 0 Å². The van der Waals surface area contributed by atoms with Gasteiger partial charge in [0.25, 0.3) is 0 Å². The Morgan fingerprint density at radius 3 is 2.65 bits per heavy atom. The topological polar surface area (TPSA) is 51.5 Å². The lowest BCUT2D eigenvalue weighted by Gasteiger charge is -1.96. The van der Waals surface area contributed by atoms with E-state index in [4.69, 9.17) is 21.8 Å². The first kappa shape index (κ1) is 12.8. The molecule has 0 aliphatic rings. The van der Waals surface area contributed by atoms with Crippen LogP contribution in [0, 0.1) is 0 Å². The van der Waals surface area contributed by atoms with E-state index in [1.165, 1.54) is 0 Å². The number of hydrogen-bond donors (Lipinski definition) is 1. The largest absolute Gasteiger partial charge is 0.456 e. The fraction of sp³-hybridized carbons (Fsp3) is 0.0625. The van der Waals surface area contributed by atoms with Crippen molar-refractivity contribution in [3.05, 3.63) is 54.6 Å². The maximum atomic E-state index is 5.83. The highest BCUT2D eigenvalue weighted by molar-refractivity contribution is 6.28. The minimum absolute atomic E-state index is 0.221. The molecule has 0 spiro atoms. The molecule has 0 saturated heterocycles. The van der Waals surface area contributed by atoms with E-state index in [1.807, 2.05) is 54.6 Å². The lowest BCUT2D eigenvalue weighted by molar-refractivity contribution is 0.631. The summed E-state index contributed by atoms with van der Waals surface area (Å²) < 4.78 is 5.83. The van der Waals surface area contributed by atoms with Crippen molar-refractivity contribution in [2.75, 3.05) is 5.88 Å². The third-order valence-corrected chi connectivity index (χ3v) is 3.24. The Morgan fingerprint density at radius 2 is 1.90 bits per heavy atom. The Labute approximate surface area is 121 Å². The van der Waals surface area contributed by atoms with Gasteiger partial charge in [-0.05, 0) is 24.3 Å². The molecule has 0 saturated carbocycles. The number of alkyl halides is 1. The van der Waals surface area contributed by atoms with Gasteiger partial charge in [0, 0.05) is 10.9 Å². The molecule has 2 N–H and O–H groups in total. The fourth-order valence-corrected chi connectivity index (χ4v) is 2.10. The van der Waals surface area contributed by atoms with E-state index >= 15 is 0 Å². The molecule has 0 aliphatic carbocycles. The lowest BCUT2D eigenvalue weighted by atomic mass is 10.1. The van der Waals surface area contributed by atoms with Crippen molar-refractivity contribution in [2.45, 2.75) is 0 Å². The number of hydrogen-bond acceptors (Lipinski definition) is 2. The van der Waals surface area contributed by atoms with Crippen LogP contribution >= 0.6 is 11.6 Å². The summed E-state index contributed by atoms with van der Waals surface area (Å²) in [6, 6.07) is 17.7. The first-order valence-corrected chi connectivity index (χ1v) is 6.78. The van der Waals surface area contributed by atoms with Crippen LogP contribution in [0.15, 0.2) is 64.0 Å². The van der Waals surface area contributed by atoms with E-state index in [1.54, 1.807) is 0 Å². The highest BCUT2D eigenvalue weighted by Crippen LogP contribution is 2.30. The first-order chi connectivity index (χ1) is 9.76. The minimum Gasteiger partial charge on any atom is -0.456 e. The van der Waals surface area contributed by atoms with Crippen molar-refractivity contribution < 1.29 is 4.42 Å². The molecule has 20 heavy (non-hydrogen) atoms. The van der Waals surface area contributed by atoms with Gasteiger partial charge in [0.05, 0.1) is 11.6 Å². The highest BCUT2D eigenvalue weighted by atomic mass is 35.5. The highest BCUT2D eigenvalue weighted by Gasteiger charge is 2.06. The van der Waals surface area contributed by atoms with Gasteiger partial charge in [-0.3, -0.25) is 0 Å². The summed E-state index contributed by atoms with van der Waals surface area (Å²) in [5.74, 6) is 1.46. The summed E-state index contributed by atoms with van der Waals surface area (Å²) in [6.45, 7) is 0. The average molecular weight is 285 g/mol. The number of rotatable bonds is 3. The molecule has 3 rings (SSSR count). The minimum atomic E-state index is 0.221. The molecule has 0 atom stereocenters. The molecule has 3 aromatic rings. The van der Waals surface area contributed by atoms with Crippen LogP contribution < -0.4 is 5.73 Å². The Hall–Kier alpha value is -2.26. The summed E-state index contributed by atoms with van der Waals surface area (Å²) >= 11 is 5.63. The SMILES string of the molecule is NC(CCl)=Nc1ccc2oc(-c3ccccc3)cc2c1. The normalized spacial score (nSPS) is 11.9. The maximum absolute atomic E-state index is 5.83. The van der Waals surface area contributed by atoms with Gasteiger partial charge in [-0.2, -0.15) is 0 Å². The zero-order valence-corrected chi connectivity index (χ0v) is 11.5. The van der Waals surface area contributed by atoms with Crippen molar-refractivity contribution >= 4 is 34.1 Å². The number of fused-ring (bicyclic) bond motifs is 1. The molecule has 0 fully saturated rings. The number of benzene rings is 2. The van der Waals surface area contributed by atoms with Gasteiger partial charge in [0.15, 0.2) is 0 Å². The number of nitrogens with zero attached hydrogens (tertiary/aromatic N) is 1. The summed E-state index contributed by atoms with van der Waals surface area (Å²) in [5.41, 5.74) is 8.29. The Bertz CT molecular complexity index is 763. The second kappa shape index (κ2) is 5.39. The first-order valence-electron chi connectivity index (χ1n) is 6.24. The Balaban J connectivity index is 2.04. The van der Waals surface area contributed by atoms with Crippen LogP contribution in [0.2, 0.25) is 0 Å². The van der Waals surface area contributed by atoms with Crippen molar-refractivity contribution in [1.82, 2.24) is 0 Å². The Morgan fingerprint density at radius 1 is 1.10 bits per heavy atom. The standard InChI is InChI=1S/C16H13ClN2O/c17-10-16(18)19-13-6-7-14-12(8-13)9-15(20-14)11-4-2-1-3-5-11/h1-9H,10H2,(H2,18,19). The Kier molecular flexibility index (Phi) is 3.44. The van der Waals surface area contributed by atoms with E-state index in [0.29, 0.717) is 5.84 Å². The molecule has 0 bridgehead atoms. The molecule has 100 valence electrons. The summed E-state index contributed by atoms with van der Waals surface area (Å²) in [5, 5.41) is 0.993. The number of nitrogens with two attached hydrogens (primary N) is 1. The van der Waals surface area contributed by atoms with Gasteiger partial charge in [-0.25, -0.2) is 4.99 Å². The van der Waals surface area contributed by atoms with E-state index in [0.717, 1.165) is 28.0 Å². The van der Waals surface area contributed by atoms with Gasteiger partial charge >= 0.3 is 0 Å². The maximum Gasteiger partial charge on any atom is 0.135 e. The molecule has 0 unspecified atom stereocenters. The van der Waals surface area contributed by atoms with Crippen molar-refractivity contribution in [1.29, 1.82) is 0 Å². The molecule has 0 amide bonds. The number of amidine groups is 1. The summed E-state index contributed by atoms with van der Waals surface area (Å²) in [6.07, 6.45) is 0. The van der Waals surface area contributed by atoms with Crippen molar-refractivity contribution in [2.24, 2.45) is 10.7 Å². The average Bonchev–Trinajstić information content (AvgIpc) is 2.91. The molecule has 1 aromatic heterocycles. The van der Waals surface area contributed by atoms with Crippen LogP contribution in [0.1, 0.15) is 0 Å². The number of aliphatic imine (C=N–C) groups is 1. The molecule has 1 heterocycles. The molecule has 4 heteroatoms. The molecule has 0 radical (unpaired) electrons. The molecule has 3 nitrogen and oxygen atoms in total. The van der Waals surface area contributed by atoms with Gasteiger partial charge in [0.1, 0.15) is 17.2 Å². The molecular weight excluding hydrogens is 272 g/mol. The van der Waals surface area contributed by atoms with Crippen molar-refractivity contribution in [3.63, 3.8) is 0 Å². The van der Waals surface area contributed by atoms with E-state index in [9.17, 15) is 0 Å². The molecule has 0 aliphatic heterocycles. The summed E-state index contributed by atoms with van der Waals surface area (Å²) in [4.78, 5) is 4.23. The predicted molar refractivity (Wildman–Crippen MR) is 83.7 cm³/mol.